The molecule has 0 saturated carbocycles. The van der Waals surface area contributed by atoms with Crippen LogP contribution in [0.2, 0.25) is 0 Å². The number of aromatic nitrogens is 2. The van der Waals surface area contributed by atoms with Crippen LogP contribution in [0, 0.1) is 0 Å². The molecule has 1 aromatic rings. The third-order valence-electron chi connectivity index (χ3n) is 3.32. The first-order valence-corrected chi connectivity index (χ1v) is 9.93. The van der Waals surface area contributed by atoms with E-state index in [1.165, 1.54) is 6.20 Å². The lowest BCUT2D eigenvalue weighted by molar-refractivity contribution is 0.434. The van der Waals surface area contributed by atoms with E-state index in [1.807, 2.05) is 11.8 Å². The van der Waals surface area contributed by atoms with E-state index in [9.17, 15) is 8.42 Å². The number of hydrogen-bond acceptors (Lipinski definition) is 5. The Morgan fingerprint density at radius 3 is 2.95 bits per heavy atom. The molecule has 6 nitrogen and oxygen atoms in total. The Hall–Kier alpha value is -0.570. The van der Waals surface area contributed by atoms with Crippen LogP contribution in [0.15, 0.2) is 17.3 Å². The third-order valence-corrected chi connectivity index (χ3v) is 6.22. The average molecular weight is 332 g/mol. The molecule has 2 rings (SSSR count). The molecule has 1 fully saturated rings. The highest BCUT2D eigenvalue weighted by atomic mass is 32.2. The summed E-state index contributed by atoms with van der Waals surface area (Å²) in [4.78, 5) is 0.305. The molecule has 0 aliphatic carbocycles. The molecule has 21 heavy (non-hydrogen) atoms. The fraction of sp³-hybridized carbons (Fsp3) is 0.769. The molecule has 0 unspecified atom stereocenters. The summed E-state index contributed by atoms with van der Waals surface area (Å²) >= 11 is 1.81. The largest absolute Gasteiger partial charge is 0.313 e. The van der Waals surface area contributed by atoms with Gasteiger partial charge in [0, 0.05) is 37.6 Å². The molecule has 2 heterocycles. The van der Waals surface area contributed by atoms with Gasteiger partial charge in [0.05, 0.1) is 12.7 Å². The molecule has 0 bridgehead atoms. The summed E-state index contributed by atoms with van der Waals surface area (Å²) < 4.78 is 28.4. The van der Waals surface area contributed by atoms with Gasteiger partial charge >= 0.3 is 0 Å². The first-order valence-electron chi connectivity index (χ1n) is 7.34. The summed E-state index contributed by atoms with van der Waals surface area (Å²) in [6, 6.07) is 0.415. The Balaban J connectivity index is 2.01. The predicted molar refractivity (Wildman–Crippen MR) is 86.1 cm³/mol. The van der Waals surface area contributed by atoms with Crippen molar-refractivity contribution in [3.8, 4) is 0 Å². The molecule has 1 aliphatic heterocycles. The van der Waals surface area contributed by atoms with Gasteiger partial charge in [-0.15, -0.1) is 0 Å². The van der Waals surface area contributed by atoms with E-state index in [0.717, 1.165) is 24.5 Å². The molecule has 120 valence electrons. The maximum atomic E-state index is 12.6. The quantitative estimate of drug-likeness (QED) is 0.842. The highest BCUT2D eigenvalue weighted by Crippen LogP contribution is 2.19. The van der Waals surface area contributed by atoms with Crippen LogP contribution in [0.5, 0.6) is 0 Å². The molecule has 8 heteroatoms. The molecule has 0 aromatic carbocycles. The number of thioether (sulfide) groups is 1. The molecular formula is C13H24N4O2S2. The second kappa shape index (κ2) is 7.62. The standard InChI is InChI=1S/C13H24N4O2S2/c1-12(2)14-4-6-16-11-13(10-15-16)21(18,19)17-5-3-8-20-9-7-17/h10-12,14H,3-9H2,1-2H3. The minimum atomic E-state index is -3.39. The lowest BCUT2D eigenvalue weighted by Crippen LogP contribution is -2.32. The normalized spacial score (nSPS) is 18.0. The summed E-state index contributed by atoms with van der Waals surface area (Å²) in [7, 11) is -3.39. The van der Waals surface area contributed by atoms with E-state index < -0.39 is 10.0 Å². The molecule has 0 amide bonds. The number of sulfonamides is 1. The first kappa shape index (κ1) is 16.8. The number of rotatable bonds is 6. The maximum absolute atomic E-state index is 12.6. The zero-order valence-corrected chi connectivity index (χ0v) is 14.3. The van der Waals surface area contributed by atoms with Crippen LogP contribution in [-0.2, 0) is 16.6 Å². The van der Waals surface area contributed by atoms with Crippen LogP contribution >= 0.6 is 11.8 Å². The average Bonchev–Trinajstić information content (AvgIpc) is 2.73. The smallest absolute Gasteiger partial charge is 0.246 e. The highest BCUT2D eigenvalue weighted by molar-refractivity contribution is 7.99. The molecular weight excluding hydrogens is 308 g/mol. The van der Waals surface area contributed by atoms with Crippen molar-refractivity contribution < 1.29 is 8.42 Å². The minimum Gasteiger partial charge on any atom is -0.313 e. The molecule has 1 aliphatic rings. The Kier molecular flexibility index (Phi) is 6.09. The predicted octanol–water partition coefficient (Wildman–Crippen LogP) is 1.01. The van der Waals surface area contributed by atoms with Crippen molar-refractivity contribution in [2.75, 3.05) is 31.1 Å². The summed E-state index contributed by atoms with van der Waals surface area (Å²) in [6.45, 7) is 6.80. The minimum absolute atomic E-state index is 0.305. The van der Waals surface area contributed by atoms with Crippen molar-refractivity contribution in [1.82, 2.24) is 19.4 Å². The third kappa shape index (κ3) is 4.70. The van der Waals surface area contributed by atoms with Crippen LogP contribution in [0.25, 0.3) is 0 Å². The van der Waals surface area contributed by atoms with Gasteiger partial charge in [0.15, 0.2) is 0 Å². The van der Waals surface area contributed by atoms with Gasteiger partial charge in [0.1, 0.15) is 4.90 Å². The fourth-order valence-electron chi connectivity index (χ4n) is 2.18. The molecule has 0 radical (unpaired) electrons. The van der Waals surface area contributed by atoms with E-state index in [-0.39, 0.29) is 0 Å². The van der Waals surface area contributed by atoms with Crippen molar-refractivity contribution in [3.63, 3.8) is 0 Å². The van der Waals surface area contributed by atoms with Crippen LogP contribution < -0.4 is 5.32 Å². The van der Waals surface area contributed by atoms with Gasteiger partial charge in [0.25, 0.3) is 0 Å². The van der Waals surface area contributed by atoms with Crippen LogP contribution in [0.3, 0.4) is 0 Å². The van der Waals surface area contributed by atoms with Crippen molar-refractivity contribution in [2.24, 2.45) is 0 Å². The lowest BCUT2D eigenvalue weighted by atomic mass is 10.4. The fourth-order valence-corrected chi connectivity index (χ4v) is 4.62. The van der Waals surface area contributed by atoms with Crippen LogP contribution in [0.4, 0.5) is 0 Å². The van der Waals surface area contributed by atoms with Gasteiger partial charge in [0.2, 0.25) is 10.0 Å². The zero-order chi connectivity index (χ0) is 15.3. The Bertz CT molecular complexity index is 534. The molecule has 0 spiro atoms. The van der Waals surface area contributed by atoms with Crippen LogP contribution in [0.1, 0.15) is 20.3 Å². The second-order valence-corrected chi connectivity index (χ2v) is 8.58. The lowest BCUT2D eigenvalue weighted by Gasteiger charge is -2.18. The van der Waals surface area contributed by atoms with Crippen molar-refractivity contribution >= 4 is 21.8 Å². The van der Waals surface area contributed by atoms with E-state index in [1.54, 1.807) is 15.2 Å². The monoisotopic (exact) mass is 332 g/mol. The van der Waals surface area contributed by atoms with Gasteiger partial charge in [-0.1, -0.05) is 13.8 Å². The van der Waals surface area contributed by atoms with Crippen molar-refractivity contribution in [3.05, 3.63) is 12.4 Å². The SMILES string of the molecule is CC(C)NCCn1cc(S(=O)(=O)N2CCCSCC2)cn1. The zero-order valence-electron chi connectivity index (χ0n) is 12.7. The van der Waals surface area contributed by atoms with E-state index in [4.69, 9.17) is 0 Å². The van der Waals surface area contributed by atoms with E-state index in [0.29, 0.717) is 30.6 Å². The molecule has 1 aromatic heterocycles. The van der Waals surface area contributed by atoms with Crippen molar-refractivity contribution in [1.29, 1.82) is 0 Å². The first-order chi connectivity index (χ1) is 10.00. The Morgan fingerprint density at radius 1 is 1.38 bits per heavy atom. The van der Waals surface area contributed by atoms with Gasteiger partial charge in [-0.2, -0.15) is 21.2 Å². The highest BCUT2D eigenvalue weighted by Gasteiger charge is 2.26. The van der Waals surface area contributed by atoms with E-state index in [2.05, 4.69) is 24.3 Å². The van der Waals surface area contributed by atoms with Gasteiger partial charge in [-0.25, -0.2) is 8.42 Å². The van der Waals surface area contributed by atoms with Gasteiger partial charge in [-0.05, 0) is 12.2 Å². The topological polar surface area (TPSA) is 67.2 Å². The molecule has 1 N–H and O–H groups in total. The summed E-state index contributed by atoms with van der Waals surface area (Å²) in [5.41, 5.74) is 0. The summed E-state index contributed by atoms with van der Waals surface area (Å²) in [5.74, 6) is 1.90. The number of nitrogens with one attached hydrogen (secondary N) is 1. The maximum Gasteiger partial charge on any atom is 0.246 e. The number of hydrogen-bond donors (Lipinski definition) is 1. The summed E-state index contributed by atoms with van der Waals surface area (Å²) in [6.07, 6.45) is 4.01. The molecule has 1 saturated heterocycles. The van der Waals surface area contributed by atoms with E-state index >= 15 is 0 Å². The van der Waals surface area contributed by atoms with Crippen LogP contribution in [-0.4, -0.2) is 59.7 Å². The second-order valence-electron chi connectivity index (χ2n) is 5.42. The number of nitrogens with zero attached hydrogens (tertiary/aromatic N) is 3. The van der Waals surface area contributed by atoms with Gasteiger partial charge < -0.3 is 5.32 Å². The summed E-state index contributed by atoms with van der Waals surface area (Å²) in [5, 5.41) is 7.45. The molecule has 0 atom stereocenters. The Labute approximate surface area is 131 Å². The Morgan fingerprint density at radius 2 is 2.19 bits per heavy atom. The van der Waals surface area contributed by atoms with Crippen molar-refractivity contribution in [2.45, 2.75) is 37.8 Å². The van der Waals surface area contributed by atoms with Gasteiger partial charge in [-0.3, -0.25) is 4.68 Å².